The fraction of sp³-hybridized carbons (Fsp3) is 0.571. The Morgan fingerprint density at radius 2 is 2.23 bits per heavy atom. The molecule has 1 rings (SSSR count). The Labute approximate surface area is 72.7 Å². The monoisotopic (exact) mass is 194 g/mol. The van der Waals surface area contributed by atoms with Crippen LogP contribution in [0.3, 0.4) is 0 Å². The van der Waals surface area contributed by atoms with Crippen molar-refractivity contribution in [3.63, 3.8) is 0 Å². The van der Waals surface area contributed by atoms with Crippen molar-refractivity contribution < 1.29 is 17.7 Å². The maximum Gasteiger partial charge on any atom is 0.436 e. The van der Waals surface area contributed by atoms with Crippen molar-refractivity contribution >= 4 is 0 Å². The number of rotatable bonds is 2. The standard InChI is InChI=1S/C7H9F3N2O/c1-2-4(11)5-3-6(12-13-5)7(8,9)10/h3-4H,2,11H2,1H3. The van der Waals surface area contributed by atoms with Gasteiger partial charge in [-0.1, -0.05) is 12.1 Å². The highest BCUT2D eigenvalue weighted by Crippen LogP contribution is 2.29. The molecule has 13 heavy (non-hydrogen) atoms. The lowest BCUT2D eigenvalue weighted by molar-refractivity contribution is -0.142. The zero-order valence-corrected chi connectivity index (χ0v) is 6.93. The van der Waals surface area contributed by atoms with Crippen LogP contribution in [0, 0.1) is 0 Å². The zero-order valence-electron chi connectivity index (χ0n) is 6.93. The molecular formula is C7H9F3N2O. The molecule has 0 fully saturated rings. The number of hydrogen-bond donors (Lipinski definition) is 1. The molecule has 0 bridgehead atoms. The Morgan fingerprint density at radius 1 is 1.62 bits per heavy atom. The average molecular weight is 194 g/mol. The van der Waals surface area contributed by atoms with Gasteiger partial charge in [0.05, 0.1) is 6.04 Å². The Morgan fingerprint density at radius 3 is 2.62 bits per heavy atom. The van der Waals surface area contributed by atoms with E-state index in [9.17, 15) is 13.2 Å². The molecule has 0 spiro atoms. The smallest absolute Gasteiger partial charge is 0.359 e. The summed E-state index contributed by atoms with van der Waals surface area (Å²) in [5.41, 5.74) is 4.41. The Hall–Kier alpha value is -1.04. The Balaban J connectivity index is 2.87. The lowest BCUT2D eigenvalue weighted by Gasteiger charge is -2.01. The highest BCUT2D eigenvalue weighted by molar-refractivity contribution is 5.11. The molecular weight excluding hydrogens is 185 g/mol. The van der Waals surface area contributed by atoms with Gasteiger partial charge in [-0.3, -0.25) is 0 Å². The van der Waals surface area contributed by atoms with Crippen LogP contribution in [0.2, 0.25) is 0 Å². The molecule has 2 N–H and O–H groups in total. The fourth-order valence-corrected chi connectivity index (χ4v) is 0.799. The van der Waals surface area contributed by atoms with Crippen molar-refractivity contribution in [2.24, 2.45) is 5.73 Å². The largest absolute Gasteiger partial charge is 0.436 e. The first-order valence-electron chi connectivity index (χ1n) is 3.74. The van der Waals surface area contributed by atoms with Crippen LogP contribution in [-0.2, 0) is 6.18 Å². The van der Waals surface area contributed by atoms with Crippen LogP contribution in [0.25, 0.3) is 0 Å². The molecule has 0 aliphatic rings. The first-order chi connectivity index (χ1) is 5.95. The van der Waals surface area contributed by atoms with E-state index in [-0.39, 0.29) is 5.76 Å². The summed E-state index contributed by atoms with van der Waals surface area (Å²) in [5.74, 6) is 0.0647. The van der Waals surface area contributed by atoms with Crippen LogP contribution in [0.15, 0.2) is 10.6 Å². The molecule has 1 aromatic heterocycles. The van der Waals surface area contributed by atoms with Gasteiger partial charge in [-0.15, -0.1) is 0 Å². The molecule has 0 aliphatic heterocycles. The summed E-state index contributed by atoms with van der Waals surface area (Å²) in [4.78, 5) is 0. The van der Waals surface area contributed by atoms with Gasteiger partial charge in [0.2, 0.25) is 0 Å². The molecule has 3 nitrogen and oxygen atoms in total. The predicted octanol–water partition coefficient (Wildman–Crippen LogP) is 2.10. The fourth-order valence-electron chi connectivity index (χ4n) is 0.799. The van der Waals surface area contributed by atoms with E-state index in [4.69, 9.17) is 5.73 Å². The Kier molecular flexibility index (Phi) is 2.60. The molecule has 0 saturated heterocycles. The minimum Gasteiger partial charge on any atom is -0.359 e. The normalized spacial score (nSPS) is 14.5. The second-order valence-electron chi connectivity index (χ2n) is 2.63. The number of nitrogens with two attached hydrogens (primary N) is 1. The maximum absolute atomic E-state index is 12.0. The molecule has 0 radical (unpaired) electrons. The van der Waals surface area contributed by atoms with Crippen molar-refractivity contribution in [2.45, 2.75) is 25.6 Å². The molecule has 0 aliphatic carbocycles. The van der Waals surface area contributed by atoms with E-state index in [0.717, 1.165) is 6.07 Å². The van der Waals surface area contributed by atoms with E-state index < -0.39 is 17.9 Å². The van der Waals surface area contributed by atoms with Crippen molar-refractivity contribution in [3.05, 3.63) is 17.5 Å². The third-order valence-corrected chi connectivity index (χ3v) is 1.62. The van der Waals surface area contributed by atoms with Gasteiger partial charge in [0.15, 0.2) is 11.5 Å². The molecule has 1 unspecified atom stereocenters. The van der Waals surface area contributed by atoms with Gasteiger partial charge in [-0.25, -0.2) is 0 Å². The summed E-state index contributed by atoms with van der Waals surface area (Å²) >= 11 is 0. The predicted molar refractivity (Wildman–Crippen MR) is 38.7 cm³/mol. The first kappa shape index (κ1) is 10.0. The van der Waals surface area contributed by atoms with E-state index in [0.29, 0.717) is 6.42 Å². The van der Waals surface area contributed by atoms with Gasteiger partial charge >= 0.3 is 6.18 Å². The summed E-state index contributed by atoms with van der Waals surface area (Å²) in [6.07, 6.45) is -3.96. The number of halogens is 3. The van der Waals surface area contributed by atoms with Crippen molar-refractivity contribution in [3.8, 4) is 0 Å². The second kappa shape index (κ2) is 3.37. The molecule has 0 saturated carbocycles. The van der Waals surface area contributed by atoms with Crippen molar-refractivity contribution in [2.75, 3.05) is 0 Å². The number of hydrogen-bond acceptors (Lipinski definition) is 3. The topological polar surface area (TPSA) is 52.0 Å². The molecule has 1 atom stereocenters. The third-order valence-electron chi connectivity index (χ3n) is 1.62. The zero-order chi connectivity index (χ0) is 10.1. The minimum atomic E-state index is -4.46. The summed E-state index contributed by atoms with van der Waals surface area (Å²) in [7, 11) is 0. The molecule has 0 amide bonds. The van der Waals surface area contributed by atoms with Gasteiger partial charge in [0.1, 0.15) is 0 Å². The third kappa shape index (κ3) is 2.21. The van der Waals surface area contributed by atoms with Crippen molar-refractivity contribution in [1.82, 2.24) is 5.16 Å². The maximum atomic E-state index is 12.0. The number of nitrogens with zero attached hydrogens (tertiary/aromatic N) is 1. The highest BCUT2D eigenvalue weighted by atomic mass is 19.4. The molecule has 6 heteroatoms. The lowest BCUT2D eigenvalue weighted by atomic mass is 10.2. The summed E-state index contributed by atoms with van der Waals surface area (Å²) in [6, 6.07) is 0.303. The van der Waals surface area contributed by atoms with E-state index in [1.807, 2.05) is 0 Å². The minimum absolute atomic E-state index is 0.0647. The summed E-state index contributed by atoms with van der Waals surface area (Å²) < 4.78 is 40.5. The van der Waals surface area contributed by atoms with Crippen LogP contribution >= 0.6 is 0 Å². The summed E-state index contributed by atoms with van der Waals surface area (Å²) in [6.45, 7) is 1.75. The van der Waals surface area contributed by atoms with Gasteiger partial charge < -0.3 is 10.3 Å². The van der Waals surface area contributed by atoms with Gasteiger partial charge in [0.25, 0.3) is 0 Å². The van der Waals surface area contributed by atoms with Gasteiger partial charge in [-0.05, 0) is 6.42 Å². The van der Waals surface area contributed by atoms with Crippen LogP contribution in [0.1, 0.15) is 30.8 Å². The van der Waals surface area contributed by atoms with Crippen LogP contribution in [0.5, 0.6) is 0 Å². The molecule has 1 heterocycles. The van der Waals surface area contributed by atoms with Crippen LogP contribution in [0.4, 0.5) is 13.2 Å². The van der Waals surface area contributed by atoms with Gasteiger partial charge in [0, 0.05) is 6.07 Å². The number of aromatic nitrogens is 1. The quantitative estimate of drug-likeness (QED) is 0.784. The van der Waals surface area contributed by atoms with E-state index >= 15 is 0 Å². The molecule has 74 valence electrons. The summed E-state index contributed by atoms with van der Waals surface area (Å²) in [5, 5.41) is 2.88. The highest BCUT2D eigenvalue weighted by Gasteiger charge is 2.35. The second-order valence-corrected chi connectivity index (χ2v) is 2.63. The van der Waals surface area contributed by atoms with E-state index in [1.54, 1.807) is 6.92 Å². The van der Waals surface area contributed by atoms with E-state index in [2.05, 4.69) is 9.68 Å². The Bertz CT molecular complexity index is 282. The average Bonchev–Trinajstić information content (AvgIpc) is 2.50. The van der Waals surface area contributed by atoms with Crippen LogP contribution < -0.4 is 5.73 Å². The lowest BCUT2D eigenvalue weighted by Crippen LogP contribution is -2.08. The van der Waals surface area contributed by atoms with Crippen LogP contribution in [-0.4, -0.2) is 5.16 Å². The molecule has 1 aromatic rings. The van der Waals surface area contributed by atoms with Gasteiger partial charge in [-0.2, -0.15) is 13.2 Å². The number of alkyl halides is 3. The SMILES string of the molecule is CCC(N)c1cc(C(F)(F)F)no1. The van der Waals surface area contributed by atoms with E-state index in [1.165, 1.54) is 0 Å². The van der Waals surface area contributed by atoms with Crippen molar-refractivity contribution in [1.29, 1.82) is 0 Å². The first-order valence-corrected chi connectivity index (χ1v) is 3.74. The molecule has 0 aromatic carbocycles.